The molecule has 0 saturated carbocycles. The van der Waals surface area contributed by atoms with Gasteiger partial charge in [0, 0.05) is 19.0 Å². The molecule has 5 heteroatoms. The molecule has 0 unspecified atom stereocenters. The van der Waals surface area contributed by atoms with E-state index in [1.165, 1.54) is 6.07 Å². The summed E-state index contributed by atoms with van der Waals surface area (Å²) in [5.74, 6) is -1.09. The zero-order valence-electron chi connectivity index (χ0n) is 9.85. The predicted octanol–water partition coefficient (Wildman–Crippen LogP) is 2.38. The number of benzene rings is 1. The van der Waals surface area contributed by atoms with E-state index in [0.717, 1.165) is 12.6 Å². The van der Waals surface area contributed by atoms with Crippen LogP contribution in [0, 0.1) is 11.6 Å². The van der Waals surface area contributed by atoms with Gasteiger partial charge in [-0.3, -0.25) is 0 Å². The summed E-state index contributed by atoms with van der Waals surface area (Å²) in [4.78, 5) is 7.04. The summed E-state index contributed by atoms with van der Waals surface area (Å²) in [7, 11) is 0. The van der Waals surface area contributed by atoms with Gasteiger partial charge in [-0.05, 0) is 12.1 Å². The minimum Gasteiger partial charge on any atom is -0.342 e. The summed E-state index contributed by atoms with van der Waals surface area (Å²) in [5.41, 5.74) is 0.605. The van der Waals surface area contributed by atoms with Crippen LogP contribution in [0.15, 0.2) is 12.1 Å². The minimum absolute atomic E-state index is 0.0737. The van der Waals surface area contributed by atoms with E-state index >= 15 is 0 Å². The van der Waals surface area contributed by atoms with Crippen molar-refractivity contribution in [1.82, 2.24) is 15.3 Å². The van der Waals surface area contributed by atoms with Crippen LogP contribution in [-0.2, 0) is 6.42 Å². The van der Waals surface area contributed by atoms with E-state index in [1.807, 2.05) is 13.8 Å². The fraction of sp³-hybridized carbons (Fsp3) is 0.417. The molecule has 0 aliphatic carbocycles. The Bertz CT molecular complexity index is 520. The third-order valence-corrected chi connectivity index (χ3v) is 2.51. The molecule has 92 valence electrons. The first kappa shape index (κ1) is 12.0. The van der Waals surface area contributed by atoms with Crippen LogP contribution in [0.5, 0.6) is 0 Å². The fourth-order valence-corrected chi connectivity index (χ4v) is 1.67. The van der Waals surface area contributed by atoms with Crippen LogP contribution in [0.25, 0.3) is 11.0 Å². The van der Waals surface area contributed by atoms with E-state index in [1.54, 1.807) is 0 Å². The van der Waals surface area contributed by atoms with Gasteiger partial charge in [0.1, 0.15) is 11.3 Å². The molecule has 2 N–H and O–H groups in total. The monoisotopic (exact) mass is 239 g/mol. The number of nitrogens with zero attached hydrogens (tertiary/aromatic N) is 1. The molecule has 1 heterocycles. The Morgan fingerprint density at radius 1 is 1.35 bits per heavy atom. The molecule has 17 heavy (non-hydrogen) atoms. The maximum Gasteiger partial charge on any atom is 0.186 e. The summed E-state index contributed by atoms with van der Waals surface area (Å²) in [6, 6.07) is 3.00. The molecule has 1 aromatic carbocycles. The second kappa shape index (κ2) is 4.79. The molecule has 2 aromatic rings. The number of hydrogen-bond acceptors (Lipinski definition) is 2. The zero-order chi connectivity index (χ0) is 12.4. The lowest BCUT2D eigenvalue weighted by atomic mass is 10.3. The van der Waals surface area contributed by atoms with Gasteiger partial charge in [0.05, 0.1) is 5.52 Å². The van der Waals surface area contributed by atoms with Crippen molar-refractivity contribution in [2.45, 2.75) is 26.3 Å². The normalized spacial score (nSPS) is 11.6. The Labute approximate surface area is 98.2 Å². The third kappa shape index (κ3) is 2.61. The van der Waals surface area contributed by atoms with Crippen molar-refractivity contribution in [3.63, 3.8) is 0 Å². The molecule has 2 rings (SSSR count). The van der Waals surface area contributed by atoms with Crippen LogP contribution in [0.3, 0.4) is 0 Å². The second-order valence-electron chi connectivity index (χ2n) is 4.30. The lowest BCUT2D eigenvalue weighted by molar-refractivity contribution is 0.515. The number of aromatic nitrogens is 2. The summed E-state index contributed by atoms with van der Waals surface area (Å²) in [5, 5.41) is 3.24. The molecule has 0 amide bonds. The topological polar surface area (TPSA) is 40.7 Å². The van der Waals surface area contributed by atoms with E-state index in [-0.39, 0.29) is 5.52 Å². The first-order chi connectivity index (χ1) is 8.08. The SMILES string of the molecule is CC(C)NCCc1nc2c(F)c(F)ccc2[nH]1. The van der Waals surface area contributed by atoms with E-state index in [4.69, 9.17) is 0 Å². The average Bonchev–Trinajstić information content (AvgIpc) is 2.67. The van der Waals surface area contributed by atoms with E-state index in [9.17, 15) is 8.78 Å². The van der Waals surface area contributed by atoms with Gasteiger partial charge in [0.2, 0.25) is 0 Å². The van der Waals surface area contributed by atoms with Gasteiger partial charge in [-0.2, -0.15) is 0 Å². The van der Waals surface area contributed by atoms with Gasteiger partial charge >= 0.3 is 0 Å². The highest BCUT2D eigenvalue weighted by molar-refractivity contribution is 5.75. The van der Waals surface area contributed by atoms with Crippen molar-refractivity contribution in [2.24, 2.45) is 0 Å². The summed E-state index contributed by atoms with van der Waals surface area (Å²) >= 11 is 0. The molecule has 0 bridgehead atoms. The summed E-state index contributed by atoms with van der Waals surface area (Å²) < 4.78 is 26.4. The van der Waals surface area contributed by atoms with Crippen molar-refractivity contribution in [2.75, 3.05) is 6.54 Å². The van der Waals surface area contributed by atoms with Gasteiger partial charge in [-0.25, -0.2) is 13.8 Å². The van der Waals surface area contributed by atoms with Crippen molar-refractivity contribution in [3.8, 4) is 0 Å². The molecular weight excluding hydrogens is 224 g/mol. The largest absolute Gasteiger partial charge is 0.342 e. The van der Waals surface area contributed by atoms with Crippen LogP contribution < -0.4 is 5.32 Å². The molecule has 0 fully saturated rings. The van der Waals surface area contributed by atoms with Crippen LogP contribution in [0.1, 0.15) is 19.7 Å². The Kier molecular flexibility index (Phi) is 3.38. The molecule has 0 aliphatic heterocycles. The quantitative estimate of drug-likeness (QED) is 0.860. The molecule has 0 atom stereocenters. The Balaban J connectivity index is 2.17. The highest BCUT2D eigenvalue weighted by Crippen LogP contribution is 2.18. The van der Waals surface area contributed by atoms with Gasteiger partial charge < -0.3 is 10.3 Å². The lowest BCUT2D eigenvalue weighted by Crippen LogP contribution is -2.25. The first-order valence-corrected chi connectivity index (χ1v) is 5.64. The Hall–Kier alpha value is -1.49. The standard InChI is InChI=1S/C12H15F2N3/c1-7(2)15-6-5-10-16-9-4-3-8(13)11(14)12(9)17-10/h3-4,7,15H,5-6H2,1-2H3,(H,16,17). The smallest absolute Gasteiger partial charge is 0.186 e. The molecule has 0 saturated heterocycles. The number of H-pyrrole nitrogens is 1. The van der Waals surface area contributed by atoms with Crippen molar-refractivity contribution in [1.29, 1.82) is 0 Å². The van der Waals surface area contributed by atoms with Crippen LogP contribution in [0.4, 0.5) is 8.78 Å². The molecule has 0 spiro atoms. The number of nitrogens with one attached hydrogen (secondary N) is 2. The van der Waals surface area contributed by atoms with Gasteiger partial charge in [0.25, 0.3) is 0 Å². The molecular formula is C12H15F2N3. The number of halogens is 2. The Morgan fingerprint density at radius 2 is 2.12 bits per heavy atom. The third-order valence-electron chi connectivity index (χ3n) is 2.51. The van der Waals surface area contributed by atoms with E-state index in [0.29, 0.717) is 23.8 Å². The zero-order valence-corrected chi connectivity index (χ0v) is 9.85. The van der Waals surface area contributed by atoms with Crippen molar-refractivity contribution in [3.05, 3.63) is 29.6 Å². The predicted molar refractivity (Wildman–Crippen MR) is 62.9 cm³/mol. The average molecular weight is 239 g/mol. The van der Waals surface area contributed by atoms with Gasteiger partial charge in [0.15, 0.2) is 11.6 Å². The molecule has 1 aromatic heterocycles. The number of imidazole rings is 1. The lowest BCUT2D eigenvalue weighted by Gasteiger charge is -2.05. The summed E-state index contributed by atoms with van der Waals surface area (Å²) in [6.07, 6.45) is 0.661. The van der Waals surface area contributed by atoms with Crippen LogP contribution >= 0.6 is 0 Å². The van der Waals surface area contributed by atoms with Gasteiger partial charge in [-0.1, -0.05) is 13.8 Å². The number of fused-ring (bicyclic) bond motifs is 1. The highest BCUT2D eigenvalue weighted by Gasteiger charge is 2.11. The fourth-order valence-electron chi connectivity index (χ4n) is 1.67. The van der Waals surface area contributed by atoms with Crippen LogP contribution in [0.2, 0.25) is 0 Å². The molecule has 0 aliphatic rings. The molecule has 0 radical (unpaired) electrons. The maximum absolute atomic E-state index is 13.4. The minimum atomic E-state index is -0.887. The van der Waals surface area contributed by atoms with E-state index < -0.39 is 11.6 Å². The first-order valence-electron chi connectivity index (χ1n) is 5.64. The summed E-state index contributed by atoms with van der Waals surface area (Å²) in [6.45, 7) is 4.85. The van der Waals surface area contributed by atoms with Crippen molar-refractivity contribution < 1.29 is 8.78 Å². The van der Waals surface area contributed by atoms with E-state index in [2.05, 4.69) is 15.3 Å². The van der Waals surface area contributed by atoms with Gasteiger partial charge in [-0.15, -0.1) is 0 Å². The number of hydrogen-bond donors (Lipinski definition) is 2. The highest BCUT2D eigenvalue weighted by atomic mass is 19.2. The second-order valence-corrected chi connectivity index (χ2v) is 4.30. The maximum atomic E-state index is 13.4. The Morgan fingerprint density at radius 3 is 2.82 bits per heavy atom. The van der Waals surface area contributed by atoms with Crippen molar-refractivity contribution >= 4 is 11.0 Å². The van der Waals surface area contributed by atoms with Crippen LogP contribution in [-0.4, -0.2) is 22.6 Å². The number of rotatable bonds is 4. The molecule has 3 nitrogen and oxygen atoms in total. The number of aromatic amines is 1.